The van der Waals surface area contributed by atoms with Crippen molar-refractivity contribution in [1.29, 1.82) is 0 Å². The molecule has 0 aliphatic carbocycles. The molecule has 0 fully saturated rings. The van der Waals surface area contributed by atoms with E-state index in [1.165, 1.54) is 161 Å². The fourth-order valence-corrected chi connectivity index (χ4v) is 7.99. The molecular weight excluding hydrogens is 793 g/mol. The van der Waals surface area contributed by atoms with Gasteiger partial charge in [-0.3, -0.25) is 14.4 Å². The summed E-state index contributed by atoms with van der Waals surface area (Å²) in [6.07, 6.45) is 63.8. The van der Waals surface area contributed by atoms with Crippen molar-refractivity contribution in [3.63, 3.8) is 0 Å². The summed E-state index contributed by atoms with van der Waals surface area (Å²) in [6.45, 7) is 6.60. The van der Waals surface area contributed by atoms with E-state index in [1.807, 2.05) is 0 Å². The number of hydrogen-bond acceptors (Lipinski definition) is 6. The van der Waals surface area contributed by atoms with Crippen molar-refractivity contribution in [3.05, 3.63) is 48.6 Å². The standard InChI is InChI=1S/C58H104O6/c1-4-7-10-13-16-19-22-24-26-28-30-31-33-36-39-42-45-48-51-57(60)63-54-55(53-62-56(59)50-47-44-41-38-35-21-18-15-12-9-6-3)64-58(61)52-49-46-43-40-37-34-32-29-27-25-23-20-17-14-11-8-5-2/h16,19,22,24,26,28,30-31,55H,4-15,17-18,20-21,23,25,27,29,32-54H2,1-3H3/b19-16-,24-22-,28-26-,31-30-. The van der Waals surface area contributed by atoms with Crippen LogP contribution in [0.2, 0.25) is 0 Å². The monoisotopic (exact) mass is 897 g/mol. The number of carbonyl (C=O) groups is 3. The van der Waals surface area contributed by atoms with Crippen LogP contribution in [0.5, 0.6) is 0 Å². The van der Waals surface area contributed by atoms with Crippen LogP contribution in [-0.4, -0.2) is 37.2 Å². The Labute approximate surface area is 397 Å². The maximum absolute atomic E-state index is 12.8. The third kappa shape index (κ3) is 50.4. The van der Waals surface area contributed by atoms with Crippen molar-refractivity contribution in [2.75, 3.05) is 13.2 Å². The van der Waals surface area contributed by atoms with Gasteiger partial charge in [0.1, 0.15) is 13.2 Å². The van der Waals surface area contributed by atoms with Crippen LogP contribution in [0.15, 0.2) is 48.6 Å². The molecular formula is C58H104O6. The summed E-state index contributed by atoms with van der Waals surface area (Å²) >= 11 is 0. The van der Waals surface area contributed by atoms with Gasteiger partial charge in [0.15, 0.2) is 6.10 Å². The first-order valence-electron chi connectivity index (χ1n) is 27.7. The largest absolute Gasteiger partial charge is 0.462 e. The molecule has 1 unspecified atom stereocenters. The van der Waals surface area contributed by atoms with Crippen molar-refractivity contribution >= 4 is 17.9 Å². The molecule has 64 heavy (non-hydrogen) atoms. The Kier molecular flexibility index (Phi) is 50.8. The molecule has 1 atom stereocenters. The molecule has 0 heterocycles. The molecule has 0 radical (unpaired) electrons. The predicted molar refractivity (Wildman–Crippen MR) is 275 cm³/mol. The minimum absolute atomic E-state index is 0.0770. The van der Waals surface area contributed by atoms with Crippen molar-refractivity contribution in [3.8, 4) is 0 Å². The molecule has 0 saturated carbocycles. The van der Waals surface area contributed by atoms with Crippen molar-refractivity contribution in [1.82, 2.24) is 0 Å². The summed E-state index contributed by atoms with van der Waals surface area (Å²) in [6, 6.07) is 0. The lowest BCUT2D eigenvalue weighted by Crippen LogP contribution is -2.30. The van der Waals surface area contributed by atoms with E-state index in [0.29, 0.717) is 19.3 Å². The Morgan fingerprint density at radius 1 is 0.312 bits per heavy atom. The van der Waals surface area contributed by atoms with Crippen molar-refractivity contribution in [2.24, 2.45) is 0 Å². The van der Waals surface area contributed by atoms with Crippen LogP contribution in [0.3, 0.4) is 0 Å². The smallest absolute Gasteiger partial charge is 0.306 e. The van der Waals surface area contributed by atoms with Crippen molar-refractivity contribution < 1.29 is 28.6 Å². The lowest BCUT2D eigenvalue weighted by molar-refractivity contribution is -0.167. The highest BCUT2D eigenvalue weighted by atomic mass is 16.6. The summed E-state index contributed by atoms with van der Waals surface area (Å²) in [5.74, 6) is -0.888. The van der Waals surface area contributed by atoms with Gasteiger partial charge in [-0.15, -0.1) is 0 Å². The van der Waals surface area contributed by atoms with E-state index in [2.05, 4.69) is 69.4 Å². The Hall–Kier alpha value is -2.63. The van der Waals surface area contributed by atoms with Crippen LogP contribution < -0.4 is 0 Å². The number of unbranched alkanes of at least 4 members (excludes halogenated alkanes) is 34. The predicted octanol–water partition coefficient (Wildman–Crippen LogP) is 18.3. The van der Waals surface area contributed by atoms with Gasteiger partial charge in [-0.1, -0.05) is 268 Å². The summed E-state index contributed by atoms with van der Waals surface area (Å²) in [7, 11) is 0. The molecule has 0 N–H and O–H groups in total. The molecule has 6 nitrogen and oxygen atoms in total. The summed E-state index contributed by atoms with van der Waals surface area (Å²) in [4.78, 5) is 38.0. The van der Waals surface area contributed by atoms with E-state index in [1.54, 1.807) is 0 Å². The first-order valence-corrected chi connectivity index (χ1v) is 27.7. The topological polar surface area (TPSA) is 78.9 Å². The van der Waals surface area contributed by atoms with Gasteiger partial charge in [0.2, 0.25) is 0 Å². The third-order valence-electron chi connectivity index (χ3n) is 12.2. The molecule has 0 aromatic heterocycles. The average Bonchev–Trinajstić information content (AvgIpc) is 3.29. The molecule has 0 aromatic carbocycles. The normalized spacial score (nSPS) is 12.4. The fraction of sp³-hybridized carbons (Fsp3) is 0.810. The number of ether oxygens (including phenoxy) is 3. The van der Waals surface area contributed by atoms with Gasteiger partial charge in [-0.25, -0.2) is 0 Å². The zero-order chi connectivity index (χ0) is 46.5. The van der Waals surface area contributed by atoms with Crippen LogP contribution >= 0.6 is 0 Å². The van der Waals surface area contributed by atoms with E-state index in [-0.39, 0.29) is 31.1 Å². The van der Waals surface area contributed by atoms with Gasteiger partial charge in [-0.05, 0) is 44.9 Å². The second kappa shape index (κ2) is 53.0. The highest BCUT2D eigenvalue weighted by Crippen LogP contribution is 2.16. The summed E-state index contributed by atoms with van der Waals surface area (Å²) in [5.41, 5.74) is 0. The quantitative estimate of drug-likeness (QED) is 0.0262. The number of rotatable bonds is 50. The highest BCUT2D eigenvalue weighted by Gasteiger charge is 2.19. The minimum atomic E-state index is -0.778. The van der Waals surface area contributed by atoms with Gasteiger partial charge in [0.05, 0.1) is 0 Å². The van der Waals surface area contributed by atoms with E-state index in [9.17, 15) is 14.4 Å². The fourth-order valence-electron chi connectivity index (χ4n) is 7.99. The van der Waals surface area contributed by atoms with Crippen LogP contribution in [0, 0.1) is 0 Å². The first-order chi connectivity index (χ1) is 31.5. The average molecular weight is 897 g/mol. The molecule has 0 aliphatic heterocycles. The Balaban J connectivity index is 4.37. The number of esters is 3. The SMILES string of the molecule is CCCCC\C=C/C=C\C=C/C=C\CCCCCCCC(=O)OCC(COC(=O)CCCCCCCCCCCCC)OC(=O)CCCCCCCCCCCCCCCCCCC. The number of allylic oxidation sites excluding steroid dienone is 8. The Bertz CT molecular complexity index is 1120. The molecule has 0 spiro atoms. The van der Waals surface area contributed by atoms with Gasteiger partial charge in [0, 0.05) is 19.3 Å². The lowest BCUT2D eigenvalue weighted by Gasteiger charge is -2.18. The lowest BCUT2D eigenvalue weighted by atomic mass is 10.0. The third-order valence-corrected chi connectivity index (χ3v) is 12.2. The second-order valence-corrected chi connectivity index (χ2v) is 18.6. The van der Waals surface area contributed by atoms with Gasteiger partial charge >= 0.3 is 17.9 Å². The van der Waals surface area contributed by atoms with Crippen LogP contribution in [-0.2, 0) is 28.6 Å². The zero-order valence-electron chi connectivity index (χ0n) is 42.6. The Morgan fingerprint density at radius 2 is 0.562 bits per heavy atom. The van der Waals surface area contributed by atoms with Gasteiger partial charge in [-0.2, -0.15) is 0 Å². The molecule has 372 valence electrons. The maximum Gasteiger partial charge on any atom is 0.306 e. The number of carbonyl (C=O) groups excluding carboxylic acids is 3. The van der Waals surface area contributed by atoms with E-state index in [0.717, 1.165) is 83.5 Å². The van der Waals surface area contributed by atoms with Gasteiger partial charge < -0.3 is 14.2 Å². The molecule has 0 aromatic rings. The van der Waals surface area contributed by atoms with Crippen LogP contribution in [0.1, 0.15) is 284 Å². The molecule has 0 rings (SSSR count). The summed E-state index contributed by atoms with van der Waals surface area (Å²) in [5, 5.41) is 0. The molecule has 0 amide bonds. The van der Waals surface area contributed by atoms with Crippen LogP contribution in [0.25, 0.3) is 0 Å². The first kappa shape index (κ1) is 61.4. The summed E-state index contributed by atoms with van der Waals surface area (Å²) < 4.78 is 16.8. The van der Waals surface area contributed by atoms with E-state index >= 15 is 0 Å². The Morgan fingerprint density at radius 3 is 0.906 bits per heavy atom. The minimum Gasteiger partial charge on any atom is -0.462 e. The highest BCUT2D eigenvalue weighted by molar-refractivity contribution is 5.71. The number of hydrogen-bond donors (Lipinski definition) is 0. The molecule has 0 bridgehead atoms. The van der Waals surface area contributed by atoms with Gasteiger partial charge in [0.25, 0.3) is 0 Å². The molecule has 6 heteroatoms. The zero-order valence-corrected chi connectivity index (χ0v) is 42.6. The second-order valence-electron chi connectivity index (χ2n) is 18.6. The van der Waals surface area contributed by atoms with E-state index in [4.69, 9.17) is 14.2 Å². The maximum atomic E-state index is 12.8. The van der Waals surface area contributed by atoms with E-state index < -0.39 is 6.10 Å². The van der Waals surface area contributed by atoms with Crippen molar-refractivity contribution in [2.45, 2.75) is 290 Å². The molecule has 0 saturated heterocycles. The van der Waals surface area contributed by atoms with Crippen LogP contribution in [0.4, 0.5) is 0 Å². The molecule has 0 aliphatic rings.